The van der Waals surface area contributed by atoms with Gasteiger partial charge in [-0.3, -0.25) is 0 Å². The van der Waals surface area contributed by atoms with Gasteiger partial charge in [-0.2, -0.15) is 0 Å². The molecule has 0 aliphatic rings. The zero-order valence-electron chi connectivity index (χ0n) is 10.9. The fourth-order valence-corrected chi connectivity index (χ4v) is 1.53. The lowest BCUT2D eigenvalue weighted by molar-refractivity contribution is 0.239. The van der Waals surface area contributed by atoms with E-state index in [1.165, 1.54) is 12.1 Å². The zero-order chi connectivity index (χ0) is 14.1. The van der Waals surface area contributed by atoms with Gasteiger partial charge in [0, 0.05) is 19.6 Å². The molecular weight excluding hydrogens is 245 g/mol. The van der Waals surface area contributed by atoms with Crippen LogP contribution in [-0.2, 0) is 6.54 Å². The summed E-state index contributed by atoms with van der Waals surface area (Å²) in [5, 5.41) is 5.21. The lowest BCUT2D eigenvalue weighted by Crippen LogP contribution is -2.39. The number of hydrogen-bond acceptors (Lipinski definition) is 2. The molecule has 0 bridgehead atoms. The molecule has 0 spiro atoms. The van der Waals surface area contributed by atoms with Crippen LogP contribution in [0.1, 0.15) is 5.56 Å². The molecule has 0 heterocycles. The van der Waals surface area contributed by atoms with Crippen LogP contribution in [0.4, 0.5) is 9.18 Å². The zero-order valence-corrected chi connectivity index (χ0v) is 10.9. The first-order valence-corrected chi connectivity index (χ1v) is 6.00. The smallest absolute Gasteiger partial charge is 0.315 e. The van der Waals surface area contributed by atoms with E-state index < -0.39 is 0 Å². The Morgan fingerprint density at radius 3 is 2.68 bits per heavy atom. The lowest BCUT2D eigenvalue weighted by atomic mass is 10.2. The summed E-state index contributed by atoms with van der Waals surface area (Å²) in [6.45, 7) is 2.14. The first-order valence-electron chi connectivity index (χ1n) is 6.00. The predicted molar refractivity (Wildman–Crippen MR) is 73.0 cm³/mol. The number of terminal acetylenes is 1. The molecule has 102 valence electrons. The second-order valence-corrected chi connectivity index (χ2v) is 4.18. The lowest BCUT2D eigenvalue weighted by Gasteiger charge is -2.17. The van der Waals surface area contributed by atoms with Crippen LogP contribution in [0.15, 0.2) is 24.3 Å². The van der Waals surface area contributed by atoms with Gasteiger partial charge < -0.3 is 15.5 Å². The first kappa shape index (κ1) is 15.0. The fraction of sp³-hybridized carbons (Fsp3) is 0.357. The second kappa shape index (κ2) is 8.11. The monoisotopic (exact) mass is 263 g/mol. The molecule has 0 aliphatic carbocycles. The molecule has 0 saturated heterocycles. The van der Waals surface area contributed by atoms with Gasteiger partial charge in [-0.05, 0) is 24.7 Å². The fourth-order valence-electron chi connectivity index (χ4n) is 1.53. The van der Waals surface area contributed by atoms with Crippen LogP contribution >= 0.6 is 0 Å². The number of rotatable bonds is 6. The summed E-state index contributed by atoms with van der Waals surface area (Å²) in [5.41, 5.74) is 1.03. The van der Waals surface area contributed by atoms with Crippen molar-refractivity contribution in [2.24, 2.45) is 0 Å². The minimum atomic E-state index is -0.270. The van der Waals surface area contributed by atoms with Crippen LogP contribution in [-0.4, -0.2) is 37.6 Å². The SMILES string of the molecule is C#CCNC(=O)NCCN(C)Cc1ccc(F)cc1. The molecule has 0 aliphatic heterocycles. The number of benzene rings is 1. The van der Waals surface area contributed by atoms with Crippen molar-refractivity contribution >= 4 is 6.03 Å². The largest absolute Gasteiger partial charge is 0.337 e. The van der Waals surface area contributed by atoms with E-state index in [-0.39, 0.29) is 18.4 Å². The van der Waals surface area contributed by atoms with Gasteiger partial charge in [0.25, 0.3) is 0 Å². The summed E-state index contributed by atoms with van der Waals surface area (Å²) < 4.78 is 12.7. The van der Waals surface area contributed by atoms with E-state index in [4.69, 9.17) is 6.42 Å². The molecule has 0 radical (unpaired) electrons. The number of likely N-dealkylation sites (N-methyl/N-ethyl adjacent to an activating group) is 1. The van der Waals surface area contributed by atoms with Crippen molar-refractivity contribution in [3.63, 3.8) is 0 Å². The summed E-state index contributed by atoms with van der Waals surface area (Å²) >= 11 is 0. The maximum atomic E-state index is 12.7. The Kier molecular flexibility index (Phi) is 6.41. The summed E-state index contributed by atoms with van der Waals surface area (Å²) in [6, 6.07) is 6.11. The molecule has 19 heavy (non-hydrogen) atoms. The van der Waals surface area contributed by atoms with Crippen LogP contribution in [0, 0.1) is 18.2 Å². The third-order valence-corrected chi connectivity index (χ3v) is 2.50. The Hall–Kier alpha value is -2.06. The van der Waals surface area contributed by atoms with Crippen LogP contribution in [0.3, 0.4) is 0 Å². The number of hydrogen-bond donors (Lipinski definition) is 2. The van der Waals surface area contributed by atoms with Crippen molar-refractivity contribution in [1.29, 1.82) is 0 Å². The van der Waals surface area contributed by atoms with Gasteiger partial charge in [-0.25, -0.2) is 9.18 Å². The normalized spacial score (nSPS) is 10.0. The molecule has 2 N–H and O–H groups in total. The maximum Gasteiger partial charge on any atom is 0.315 e. The number of carbonyl (C=O) groups excluding carboxylic acids is 1. The van der Waals surface area contributed by atoms with Crippen molar-refractivity contribution < 1.29 is 9.18 Å². The molecule has 0 atom stereocenters. The highest BCUT2D eigenvalue weighted by molar-refractivity contribution is 5.74. The number of nitrogens with one attached hydrogen (secondary N) is 2. The van der Waals surface area contributed by atoms with Gasteiger partial charge in [0.1, 0.15) is 5.82 Å². The van der Waals surface area contributed by atoms with Gasteiger partial charge in [-0.1, -0.05) is 18.1 Å². The Morgan fingerprint density at radius 2 is 2.05 bits per heavy atom. The molecule has 2 amide bonds. The first-order chi connectivity index (χ1) is 9.11. The van der Waals surface area contributed by atoms with Crippen molar-refractivity contribution in [1.82, 2.24) is 15.5 Å². The Labute approximate surface area is 113 Å². The van der Waals surface area contributed by atoms with Gasteiger partial charge >= 0.3 is 6.03 Å². The van der Waals surface area contributed by atoms with Crippen molar-refractivity contribution in [3.8, 4) is 12.3 Å². The average molecular weight is 263 g/mol. The second-order valence-electron chi connectivity index (χ2n) is 4.18. The quantitative estimate of drug-likeness (QED) is 0.757. The summed E-state index contributed by atoms with van der Waals surface area (Å²) in [5.74, 6) is 2.08. The number of halogens is 1. The molecule has 1 aromatic rings. The molecule has 1 aromatic carbocycles. The van der Waals surface area contributed by atoms with E-state index in [0.29, 0.717) is 19.6 Å². The van der Waals surface area contributed by atoms with Crippen molar-refractivity contribution in [3.05, 3.63) is 35.6 Å². The highest BCUT2D eigenvalue weighted by Gasteiger charge is 2.02. The molecule has 0 aromatic heterocycles. The predicted octanol–water partition coefficient (Wildman–Crippen LogP) is 1.19. The van der Waals surface area contributed by atoms with Gasteiger partial charge in [-0.15, -0.1) is 6.42 Å². The van der Waals surface area contributed by atoms with Crippen LogP contribution in [0.25, 0.3) is 0 Å². The van der Waals surface area contributed by atoms with E-state index >= 15 is 0 Å². The highest BCUT2D eigenvalue weighted by atomic mass is 19.1. The number of carbonyl (C=O) groups is 1. The Bertz CT molecular complexity index is 439. The summed E-state index contributed by atoms with van der Waals surface area (Å²) in [4.78, 5) is 13.2. The van der Waals surface area contributed by atoms with E-state index in [1.54, 1.807) is 12.1 Å². The number of amides is 2. The standard InChI is InChI=1S/C14H18FN3O/c1-3-8-16-14(19)17-9-10-18(2)11-12-4-6-13(15)7-5-12/h1,4-7H,8-11H2,2H3,(H2,16,17,19). The van der Waals surface area contributed by atoms with Gasteiger partial charge in [0.2, 0.25) is 0 Å². The van der Waals surface area contributed by atoms with E-state index in [0.717, 1.165) is 5.56 Å². The average Bonchev–Trinajstić information content (AvgIpc) is 2.39. The third-order valence-electron chi connectivity index (χ3n) is 2.50. The minimum Gasteiger partial charge on any atom is -0.337 e. The van der Waals surface area contributed by atoms with Crippen LogP contribution < -0.4 is 10.6 Å². The van der Waals surface area contributed by atoms with Gasteiger partial charge in [0.05, 0.1) is 6.54 Å². The molecule has 1 rings (SSSR count). The van der Waals surface area contributed by atoms with Crippen molar-refractivity contribution in [2.75, 3.05) is 26.7 Å². The van der Waals surface area contributed by atoms with Crippen LogP contribution in [0.2, 0.25) is 0 Å². The minimum absolute atomic E-state index is 0.219. The topological polar surface area (TPSA) is 44.4 Å². The Morgan fingerprint density at radius 1 is 1.37 bits per heavy atom. The number of urea groups is 1. The van der Waals surface area contributed by atoms with Crippen LogP contribution in [0.5, 0.6) is 0 Å². The molecule has 0 unspecified atom stereocenters. The van der Waals surface area contributed by atoms with E-state index in [9.17, 15) is 9.18 Å². The van der Waals surface area contributed by atoms with Crippen molar-refractivity contribution in [2.45, 2.75) is 6.54 Å². The Balaban J connectivity index is 2.21. The molecule has 5 heteroatoms. The highest BCUT2D eigenvalue weighted by Crippen LogP contribution is 2.04. The molecule has 4 nitrogen and oxygen atoms in total. The van der Waals surface area contributed by atoms with Gasteiger partial charge in [0.15, 0.2) is 0 Å². The maximum absolute atomic E-state index is 12.7. The summed E-state index contributed by atoms with van der Waals surface area (Å²) in [7, 11) is 1.93. The molecule has 0 saturated carbocycles. The van der Waals surface area contributed by atoms with E-state index in [2.05, 4.69) is 16.6 Å². The summed E-state index contributed by atoms with van der Waals surface area (Å²) in [6.07, 6.45) is 5.02. The molecular formula is C14H18FN3O. The molecule has 0 fully saturated rings. The van der Waals surface area contributed by atoms with E-state index in [1.807, 2.05) is 11.9 Å². The third kappa shape index (κ3) is 6.43. The number of nitrogens with zero attached hydrogens (tertiary/aromatic N) is 1.